The summed E-state index contributed by atoms with van der Waals surface area (Å²) in [6, 6.07) is 46.6. The van der Waals surface area contributed by atoms with Crippen molar-refractivity contribution in [3.05, 3.63) is 233 Å². The quantitative estimate of drug-likeness (QED) is 0.0406. The Morgan fingerprint density at radius 1 is 0.422 bits per heavy atom. The first-order chi connectivity index (χ1) is 62.5. The predicted molar refractivity (Wildman–Crippen MR) is 506 cm³/mol. The molecule has 0 aliphatic carbocycles. The summed E-state index contributed by atoms with van der Waals surface area (Å²) in [5.41, 5.74) is 9.99. The number of carbonyl (C=O) groups is 3. The zero-order valence-electron chi connectivity index (χ0n) is 74.8. The van der Waals surface area contributed by atoms with Gasteiger partial charge in [0.25, 0.3) is 0 Å². The normalized spacial score (nSPS) is 20.8. The molecule has 0 N–H and O–H groups in total. The van der Waals surface area contributed by atoms with E-state index in [1.54, 1.807) is 15.9 Å². The Morgan fingerprint density at radius 3 is 1.11 bits per heavy atom. The maximum absolute atomic E-state index is 13.1. The summed E-state index contributed by atoms with van der Waals surface area (Å²) in [5, 5.41) is 7.38. The molecule has 6 aromatic carbocycles. The molecule has 9 aliphatic rings. The number of aromatic nitrogens is 6. The van der Waals surface area contributed by atoms with E-state index in [2.05, 4.69) is 220 Å². The van der Waals surface area contributed by atoms with Crippen molar-refractivity contribution in [2.24, 2.45) is 0 Å². The van der Waals surface area contributed by atoms with Crippen LogP contribution in [-0.4, -0.2) is 297 Å². The minimum Gasteiger partial charge on any atom is -0.462 e. The Balaban J connectivity index is 0.000000141. The molecule has 0 spiro atoms. The second-order valence-corrected chi connectivity index (χ2v) is 35.2. The first-order valence-corrected chi connectivity index (χ1v) is 45.7. The molecule has 6 atom stereocenters. The van der Waals surface area contributed by atoms with Gasteiger partial charge in [-0.3, -0.25) is 19.3 Å². The predicted octanol–water partition coefficient (Wildman–Crippen LogP) is 11.7. The van der Waals surface area contributed by atoms with Gasteiger partial charge in [0.2, 0.25) is 37.4 Å². The molecule has 6 fully saturated rings. The second kappa shape index (κ2) is 41.5. The van der Waals surface area contributed by atoms with Crippen molar-refractivity contribution in [1.82, 2.24) is 64.2 Å². The molecule has 28 nitrogen and oxygen atoms in total. The van der Waals surface area contributed by atoms with E-state index in [9.17, 15) is 14.4 Å². The number of fused-ring (bicyclic) bond motifs is 6. The Labute approximate surface area is 753 Å². The molecular weight excluding hydrogens is 1610 g/mol. The molecule has 9 aliphatic heterocycles. The van der Waals surface area contributed by atoms with Gasteiger partial charge in [0.05, 0.1) is 36.7 Å². The Morgan fingerprint density at radius 2 is 0.766 bits per heavy atom. The summed E-state index contributed by atoms with van der Waals surface area (Å²) in [4.78, 5) is 108. The fourth-order valence-electron chi connectivity index (χ4n) is 20.1. The highest BCUT2D eigenvalue weighted by atomic mass is 16.5. The van der Waals surface area contributed by atoms with Gasteiger partial charge >= 0.3 is 18.0 Å². The van der Waals surface area contributed by atoms with Crippen molar-refractivity contribution in [1.29, 1.82) is 0 Å². The van der Waals surface area contributed by atoms with Crippen LogP contribution in [0.15, 0.2) is 165 Å². The van der Waals surface area contributed by atoms with Gasteiger partial charge in [-0.1, -0.05) is 135 Å². The molecule has 0 bridgehead atoms. The lowest BCUT2D eigenvalue weighted by Crippen LogP contribution is -2.56. The molecule has 28 heteroatoms. The van der Waals surface area contributed by atoms with Gasteiger partial charge in [-0.15, -0.1) is 0 Å². The third kappa shape index (κ3) is 20.2. The highest BCUT2D eigenvalue weighted by molar-refractivity contribution is 5.97. The van der Waals surface area contributed by atoms with Gasteiger partial charge in [0.15, 0.2) is 0 Å². The van der Waals surface area contributed by atoms with Gasteiger partial charge in [-0.05, 0) is 159 Å². The molecule has 12 heterocycles. The van der Waals surface area contributed by atoms with Crippen LogP contribution < -0.4 is 43.6 Å². The van der Waals surface area contributed by atoms with E-state index in [0.29, 0.717) is 141 Å². The number of rotatable bonds is 24. The summed E-state index contributed by atoms with van der Waals surface area (Å²) < 4.78 is 19.0. The number of likely N-dealkylation sites (tertiary alicyclic amines) is 3. The molecule has 3 amide bonds. The average molecular weight is 1730 g/mol. The van der Waals surface area contributed by atoms with Crippen LogP contribution in [0.4, 0.5) is 34.5 Å². The molecule has 1 unspecified atom stereocenters. The maximum atomic E-state index is 13.1. The number of likely N-dealkylation sites (N-methyl/N-ethyl adjacent to an activating group) is 4. The molecule has 666 valence electrons. The van der Waals surface area contributed by atoms with Crippen molar-refractivity contribution >= 4 is 84.6 Å². The lowest BCUT2D eigenvalue weighted by atomic mass is 10.0. The van der Waals surface area contributed by atoms with Crippen LogP contribution in [0.5, 0.6) is 18.0 Å². The number of hydrogen-bond acceptors (Lipinski definition) is 22. The molecule has 18 rings (SSSR count). The van der Waals surface area contributed by atoms with E-state index >= 15 is 0 Å². The average Bonchev–Trinajstić information content (AvgIpc) is 0.928. The summed E-state index contributed by atoms with van der Waals surface area (Å²) in [6.45, 7) is 49.2. The van der Waals surface area contributed by atoms with Gasteiger partial charge in [-0.25, -0.2) is 19.7 Å². The van der Waals surface area contributed by atoms with Crippen LogP contribution in [0.25, 0.3) is 46.9 Å². The molecule has 128 heavy (non-hydrogen) atoms. The first-order valence-electron chi connectivity index (χ1n) is 45.7. The lowest BCUT2D eigenvalue weighted by Gasteiger charge is -2.41. The Hall–Kier alpha value is -12.5. The standard InChI is InChI=1S/C35H44N8O2.C33H39N7O2.C32H37N7O2/c1-36-22-28-23-42(20-21-43(28)33(44)15-9-17-39(2)3)34-30-16-19-41(32-14-7-11-26-10-5-6-13-29(26)32)24-31(30)37-35(38-34)45-25-27-12-8-18-40(27)4;1-4-31(41)40-19-18-39(21-26(40)20-34-3)32-28-15-17-38(30-14-8-11-24-10-6-7-13-27(24)30)22-29(28)35-33(36-32)42-23-25-12-9-16-37(25)5-2;1-4-30(40)39-18-17-38(20-25(39)19-33-2)31-27-14-16-37(29-13-7-10-23-9-5-6-12-26(23)29)21-28(27)34-32(35-31)41-22-24-11-8-15-36(24)3/h5-7,9-11,13-15,27-28H,8,12,16-25H2,2-4H3;4,6-8,10-11,13-14,25-26H,1,5,9,12,15-23H2,2H3;4-7,9-10,12-13,24-25H,1,8,11,14-22H2,3H3/b15-9+;;/t27-,28-;25-,26?;24-,25-/m000/s1. The van der Waals surface area contributed by atoms with Crippen molar-refractivity contribution in [2.75, 3.05) is 208 Å². The number of nitrogens with zero attached hydrogens (tertiary/aromatic N) is 22. The molecule has 0 saturated carbocycles. The third-order valence-corrected chi connectivity index (χ3v) is 27.0. The largest absolute Gasteiger partial charge is 0.462 e. The van der Waals surface area contributed by atoms with Gasteiger partial charge in [0.1, 0.15) is 55.4 Å². The zero-order chi connectivity index (χ0) is 88.7. The van der Waals surface area contributed by atoms with Gasteiger partial charge in [-0.2, -0.15) is 29.9 Å². The second-order valence-electron chi connectivity index (χ2n) is 35.2. The smallest absolute Gasteiger partial charge is 0.318 e. The van der Waals surface area contributed by atoms with Crippen LogP contribution in [0.1, 0.15) is 79.2 Å². The highest BCUT2D eigenvalue weighted by Gasteiger charge is 2.40. The van der Waals surface area contributed by atoms with E-state index in [0.717, 1.165) is 136 Å². The minimum atomic E-state index is -0.218. The van der Waals surface area contributed by atoms with Crippen LogP contribution in [0.3, 0.4) is 0 Å². The van der Waals surface area contributed by atoms with E-state index in [4.69, 9.17) is 63.8 Å². The van der Waals surface area contributed by atoms with Crippen LogP contribution >= 0.6 is 0 Å². The maximum Gasteiger partial charge on any atom is 0.318 e. The third-order valence-electron chi connectivity index (χ3n) is 27.0. The summed E-state index contributed by atoms with van der Waals surface area (Å²) in [7, 11) is 8.24. The SMILES string of the molecule is [C-]#[N+]CC1CN(c2nc(OC[C@@H]3CCCN3CC)nc3c2CCN(c2cccc4ccccc24)C3)CCN1C(=O)C=C.[C-]#[N+]C[C@H]1CN(c2nc(OC[C@@H]3CCCN3C)nc3c2CCN(c2cccc4ccccc24)C3)CCN1C(=O)/C=C/CN(C)C.[C-]#[N+]C[C@H]1CN(c2nc(OC[C@@H]3CCCN3C)nc3c2CCN(c2cccc4ccccc24)C3)CCN1C(=O)C=C. The van der Waals surface area contributed by atoms with Crippen LogP contribution in [0.2, 0.25) is 0 Å². The fraction of sp³-hybridized carbons (Fsp3) is 0.460. The van der Waals surface area contributed by atoms with Gasteiger partial charge < -0.3 is 87.5 Å². The van der Waals surface area contributed by atoms with Crippen LogP contribution in [0, 0.1) is 19.7 Å². The fourth-order valence-corrected chi connectivity index (χ4v) is 20.1. The highest BCUT2D eigenvalue weighted by Crippen LogP contribution is 2.40. The van der Waals surface area contributed by atoms with E-state index < -0.39 is 0 Å². The number of amides is 3. The number of anilines is 6. The molecule has 6 saturated heterocycles. The first kappa shape index (κ1) is 88.9. The van der Waals surface area contributed by atoms with E-state index in [1.165, 1.54) is 80.8 Å². The Kier molecular flexibility index (Phi) is 28.8. The van der Waals surface area contributed by atoms with Crippen molar-refractivity contribution < 1.29 is 28.6 Å². The summed E-state index contributed by atoms with van der Waals surface area (Å²) in [5.74, 6) is 2.36. The van der Waals surface area contributed by atoms with Crippen LogP contribution in [-0.2, 0) is 53.3 Å². The molecular formula is C100H120N22O6. The van der Waals surface area contributed by atoms with Crippen molar-refractivity contribution in [3.8, 4) is 18.0 Å². The summed E-state index contributed by atoms with van der Waals surface area (Å²) >= 11 is 0. The zero-order valence-corrected chi connectivity index (χ0v) is 74.8. The molecule has 0 radical (unpaired) electrons. The lowest BCUT2D eigenvalue weighted by molar-refractivity contribution is -0.129. The topological polar surface area (TPSA) is 211 Å². The van der Waals surface area contributed by atoms with Crippen molar-refractivity contribution in [2.45, 2.75) is 121 Å². The number of hydrogen-bond donors (Lipinski definition) is 0. The number of ether oxygens (including phenoxy) is 3. The summed E-state index contributed by atoms with van der Waals surface area (Å²) in [6.07, 6.45) is 15.5. The Bertz CT molecular complexity index is 5640. The van der Waals surface area contributed by atoms with E-state index in [1.807, 2.05) is 30.0 Å². The number of carbonyl (C=O) groups excluding carboxylic acids is 3. The van der Waals surface area contributed by atoms with E-state index in [-0.39, 0.29) is 55.5 Å². The minimum absolute atomic E-state index is 0.0368. The molecule has 9 aromatic rings. The number of piperazine rings is 3. The van der Waals surface area contributed by atoms with Crippen molar-refractivity contribution in [3.63, 3.8) is 0 Å². The molecule has 3 aromatic heterocycles. The monoisotopic (exact) mass is 1720 g/mol. The van der Waals surface area contributed by atoms with Gasteiger partial charge in [0, 0.05) is 159 Å². The number of benzene rings is 6.